The van der Waals surface area contributed by atoms with Crippen LogP contribution in [0.15, 0.2) is 40.8 Å². The van der Waals surface area contributed by atoms with E-state index in [1.54, 1.807) is 12.1 Å². The third-order valence-corrected chi connectivity index (χ3v) is 2.59. The van der Waals surface area contributed by atoms with Gasteiger partial charge in [0.2, 0.25) is 0 Å². The Bertz CT molecular complexity index is 478. The maximum atomic E-state index is 12.8. The molecule has 2 aromatic rings. The lowest BCUT2D eigenvalue weighted by atomic mass is 10.1. The van der Waals surface area contributed by atoms with E-state index in [0.717, 1.165) is 11.3 Å². The minimum atomic E-state index is -0.259. The highest BCUT2D eigenvalue weighted by Crippen LogP contribution is 2.26. The molecule has 90 valence electrons. The number of hydrogen-bond acceptors (Lipinski definition) is 3. The summed E-state index contributed by atoms with van der Waals surface area (Å²) >= 11 is 0. The van der Waals surface area contributed by atoms with Gasteiger partial charge in [-0.1, -0.05) is 6.92 Å². The van der Waals surface area contributed by atoms with E-state index in [4.69, 9.17) is 10.3 Å². The molecule has 0 saturated carbocycles. The van der Waals surface area contributed by atoms with Crippen molar-refractivity contribution in [3.05, 3.63) is 48.0 Å². The largest absolute Gasteiger partial charge is 0.461 e. The van der Waals surface area contributed by atoms with E-state index in [1.807, 2.05) is 19.1 Å². The molecule has 3 nitrogen and oxygen atoms in total. The molecule has 17 heavy (non-hydrogen) atoms. The summed E-state index contributed by atoms with van der Waals surface area (Å²) in [4.78, 5) is 4.58. The van der Waals surface area contributed by atoms with Crippen LogP contribution in [0.1, 0.15) is 18.6 Å². The fourth-order valence-corrected chi connectivity index (χ4v) is 1.61. The van der Waals surface area contributed by atoms with E-state index < -0.39 is 0 Å². The van der Waals surface area contributed by atoms with Gasteiger partial charge in [0.15, 0.2) is 0 Å². The van der Waals surface area contributed by atoms with Gasteiger partial charge in [-0.15, -0.1) is 0 Å². The highest BCUT2D eigenvalue weighted by molar-refractivity contribution is 5.57. The van der Waals surface area contributed by atoms with Crippen molar-refractivity contribution in [2.24, 2.45) is 5.90 Å². The first kappa shape index (κ1) is 11.8. The maximum Gasteiger partial charge on any atom is 0.134 e. The highest BCUT2D eigenvalue weighted by Gasteiger charge is 2.11. The molecule has 0 bridgehead atoms. The fraction of sp³-hybridized carbons (Fsp3) is 0.231. The van der Waals surface area contributed by atoms with Crippen LogP contribution >= 0.6 is 0 Å². The van der Waals surface area contributed by atoms with Crippen LogP contribution in [0, 0.1) is 5.82 Å². The monoisotopic (exact) mass is 235 g/mol. The van der Waals surface area contributed by atoms with E-state index >= 15 is 0 Å². The SMILES string of the molecule is CC(CON)c1ccc(-c2ccc(F)cc2)o1. The van der Waals surface area contributed by atoms with Crippen molar-refractivity contribution >= 4 is 0 Å². The normalized spacial score (nSPS) is 12.6. The summed E-state index contributed by atoms with van der Waals surface area (Å²) in [5, 5.41) is 0. The lowest BCUT2D eigenvalue weighted by Crippen LogP contribution is -2.07. The van der Waals surface area contributed by atoms with Crippen molar-refractivity contribution in [2.75, 3.05) is 6.61 Å². The Morgan fingerprint density at radius 1 is 1.24 bits per heavy atom. The Hall–Kier alpha value is -1.65. The molecule has 0 saturated heterocycles. The summed E-state index contributed by atoms with van der Waals surface area (Å²) in [6, 6.07) is 9.91. The molecule has 0 radical (unpaired) electrons. The molecule has 2 rings (SSSR count). The third kappa shape index (κ3) is 2.72. The number of nitrogens with two attached hydrogens (primary N) is 1. The van der Waals surface area contributed by atoms with E-state index in [1.165, 1.54) is 12.1 Å². The fourth-order valence-electron chi connectivity index (χ4n) is 1.61. The summed E-state index contributed by atoms with van der Waals surface area (Å²) < 4.78 is 18.4. The molecule has 0 aliphatic carbocycles. The van der Waals surface area contributed by atoms with Crippen LogP contribution in [-0.4, -0.2) is 6.61 Å². The van der Waals surface area contributed by atoms with Crippen LogP contribution in [0.2, 0.25) is 0 Å². The summed E-state index contributed by atoms with van der Waals surface area (Å²) in [7, 11) is 0. The molecule has 2 N–H and O–H groups in total. The van der Waals surface area contributed by atoms with Gasteiger partial charge in [0, 0.05) is 11.5 Å². The van der Waals surface area contributed by atoms with Gasteiger partial charge in [-0.3, -0.25) is 0 Å². The first-order chi connectivity index (χ1) is 8.20. The molecule has 1 heterocycles. The number of halogens is 1. The Morgan fingerprint density at radius 3 is 2.59 bits per heavy atom. The summed E-state index contributed by atoms with van der Waals surface area (Å²) in [6.45, 7) is 2.36. The second-order valence-electron chi connectivity index (χ2n) is 3.94. The van der Waals surface area contributed by atoms with Gasteiger partial charge in [0.05, 0.1) is 6.61 Å². The zero-order valence-electron chi connectivity index (χ0n) is 9.52. The van der Waals surface area contributed by atoms with Gasteiger partial charge in [-0.25, -0.2) is 10.3 Å². The van der Waals surface area contributed by atoms with Crippen LogP contribution in [0.5, 0.6) is 0 Å². The predicted octanol–water partition coefficient (Wildman–Crippen LogP) is 3.08. The topological polar surface area (TPSA) is 48.4 Å². The van der Waals surface area contributed by atoms with E-state index in [-0.39, 0.29) is 11.7 Å². The smallest absolute Gasteiger partial charge is 0.134 e. The number of furan rings is 1. The van der Waals surface area contributed by atoms with E-state index in [9.17, 15) is 4.39 Å². The molecule has 0 aliphatic heterocycles. The predicted molar refractivity (Wildman–Crippen MR) is 62.7 cm³/mol. The third-order valence-electron chi connectivity index (χ3n) is 2.59. The summed E-state index contributed by atoms with van der Waals surface area (Å²) in [6.07, 6.45) is 0. The Balaban J connectivity index is 2.20. The average molecular weight is 235 g/mol. The van der Waals surface area contributed by atoms with Gasteiger partial charge in [0.25, 0.3) is 0 Å². The van der Waals surface area contributed by atoms with Crippen LogP contribution in [0.25, 0.3) is 11.3 Å². The molecule has 0 aliphatic rings. The van der Waals surface area contributed by atoms with Crippen molar-refractivity contribution in [3.63, 3.8) is 0 Å². The average Bonchev–Trinajstić information content (AvgIpc) is 2.80. The molecule has 4 heteroatoms. The molecule has 1 aromatic carbocycles. The minimum absolute atomic E-state index is 0.0919. The van der Waals surface area contributed by atoms with Crippen LogP contribution < -0.4 is 5.90 Å². The molecular weight excluding hydrogens is 221 g/mol. The molecule has 1 unspecified atom stereocenters. The molecule has 0 amide bonds. The highest BCUT2D eigenvalue weighted by atomic mass is 19.1. The first-order valence-electron chi connectivity index (χ1n) is 5.38. The van der Waals surface area contributed by atoms with Crippen LogP contribution in [-0.2, 0) is 4.84 Å². The van der Waals surface area contributed by atoms with Crippen molar-refractivity contribution in [1.82, 2.24) is 0 Å². The Kier molecular flexibility index (Phi) is 3.56. The Labute approximate surface area is 99.0 Å². The van der Waals surface area contributed by atoms with Crippen LogP contribution in [0.3, 0.4) is 0 Å². The molecule has 0 fully saturated rings. The molecule has 1 atom stereocenters. The second kappa shape index (κ2) is 5.12. The van der Waals surface area contributed by atoms with Gasteiger partial charge >= 0.3 is 0 Å². The lowest BCUT2D eigenvalue weighted by molar-refractivity contribution is 0.121. The second-order valence-corrected chi connectivity index (χ2v) is 3.94. The van der Waals surface area contributed by atoms with Crippen molar-refractivity contribution in [1.29, 1.82) is 0 Å². The number of hydrogen-bond donors (Lipinski definition) is 1. The molecule has 1 aromatic heterocycles. The molecular formula is C13H14FNO2. The van der Waals surface area contributed by atoms with Gasteiger partial charge in [-0.05, 0) is 36.4 Å². The lowest BCUT2D eigenvalue weighted by Gasteiger charge is -2.05. The zero-order valence-corrected chi connectivity index (χ0v) is 9.52. The van der Waals surface area contributed by atoms with Gasteiger partial charge in [0.1, 0.15) is 17.3 Å². The number of benzene rings is 1. The summed E-state index contributed by atoms with van der Waals surface area (Å²) in [5.41, 5.74) is 0.846. The quantitative estimate of drug-likeness (QED) is 0.828. The van der Waals surface area contributed by atoms with Gasteiger partial charge < -0.3 is 9.25 Å². The van der Waals surface area contributed by atoms with Gasteiger partial charge in [-0.2, -0.15) is 0 Å². The van der Waals surface area contributed by atoms with E-state index in [2.05, 4.69) is 4.84 Å². The minimum Gasteiger partial charge on any atom is -0.461 e. The Morgan fingerprint density at radius 2 is 1.94 bits per heavy atom. The maximum absolute atomic E-state index is 12.8. The molecule has 0 spiro atoms. The van der Waals surface area contributed by atoms with E-state index in [0.29, 0.717) is 12.4 Å². The standard InChI is InChI=1S/C13H14FNO2/c1-9(8-16-15)12-6-7-13(17-12)10-2-4-11(14)5-3-10/h2-7,9H,8,15H2,1H3. The summed E-state index contributed by atoms with van der Waals surface area (Å²) in [5.74, 6) is 6.36. The zero-order chi connectivity index (χ0) is 12.3. The van der Waals surface area contributed by atoms with Crippen molar-refractivity contribution in [2.45, 2.75) is 12.8 Å². The first-order valence-corrected chi connectivity index (χ1v) is 5.38. The van der Waals surface area contributed by atoms with Crippen molar-refractivity contribution < 1.29 is 13.6 Å². The van der Waals surface area contributed by atoms with Crippen molar-refractivity contribution in [3.8, 4) is 11.3 Å². The number of rotatable bonds is 4. The van der Waals surface area contributed by atoms with Crippen LogP contribution in [0.4, 0.5) is 4.39 Å².